The smallest absolute Gasteiger partial charge is 0.261 e. The number of nitrogens with two attached hydrogens (primary N) is 1. The normalized spacial score (nSPS) is 12.9. The average molecular weight is 267 g/mol. The van der Waals surface area contributed by atoms with E-state index in [-0.39, 0.29) is 11.6 Å². The first-order valence-corrected chi connectivity index (χ1v) is 6.42. The van der Waals surface area contributed by atoms with Crippen LogP contribution in [0.15, 0.2) is 23.0 Å². The van der Waals surface area contributed by atoms with Crippen LogP contribution in [0.3, 0.4) is 0 Å². The summed E-state index contributed by atoms with van der Waals surface area (Å²) in [6.45, 7) is 5.07. The second-order valence-corrected chi connectivity index (χ2v) is 4.86. The van der Waals surface area contributed by atoms with Crippen molar-refractivity contribution in [2.24, 2.45) is 7.05 Å². The molecule has 96 valence electrons. The van der Waals surface area contributed by atoms with Crippen molar-refractivity contribution >= 4 is 22.5 Å². The minimum Gasteiger partial charge on any atom is -0.338 e. The van der Waals surface area contributed by atoms with Crippen molar-refractivity contribution in [1.29, 1.82) is 0 Å². The van der Waals surface area contributed by atoms with E-state index in [0.29, 0.717) is 15.9 Å². The van der Waals surface area contributed by atoms with Crippen LogP contribution in [-0.2, 0) is 7.05 Å². The Morgan fingerprint density at radius 1 is 1.50 bits per heavy atom. The Labute approximate surface area is 111 Å². The Morgan fingerprint density at radius 2 is 2.22 bits per heavy atom. The summed E-state index contributed by atoms with van der Waals surface area (Å²) in [6.07, 6.45) is 0. The Kier molecular flexibility index (Phi) is 3.68. The van der Waals surface area contributed by atoms with Crippen molar-refractivity contribution in [3.63, 3.8) is 0 Å². The predicted molar refractivity (Wildman–Crippen MR) is 72.9 cm³/mol. The third kappa shape index (κ3) is 2.26. The molecule has 2 N–H and O–H groups in total. The third-order valence-corrected chi connectivity index (χ3v) is 3.31. The molecule has 2 aromatic rings. The number of rotatable bonds is 3. The fourth-order valence-electron chi connectivity index (χ4n) is 2.13. The van der Waals surface area contributed by atoms with Crippen LogP contribution in [0.4, 0.5) is 0 Å². The van der Waals surface area contributed by atoms with Crippen molar-refractivity contribution in [3.8, 4) is 0 Å². The zero-order valence-corrected chi connectivity index (χ0v) is 11.5. The lowest BCUT2D eigenvalue weighted by Crippen LogP contribution is -2.84. The zero-order valence-electron chi connectivity index (χ0n) is 10.8. The second-order valence-electron chi connectivity index (χ2n) is 4.43. The van der Waals surface area contributed by atoms with E-state index < -0.39 is 0 Å². The molecule has 0 unspecified atom stereocenters. The van der Waals surface area contributed by atoms with Crippen LogP contribution in [-0.4, -0.2) is 16.1 Å². The summed E-state index contributed by atoms with van der Waals surface area (Å²) in [5.74, 6) is 0.775. The van der Waals surface area contributed by atoms with Gasteiger partial charge in [-0.15, -0.1) is 0 Å². The molecule has 4 nitrogen and oxygen atoms in total. The van der Waals surface area contributed by atoms with Crippen LogP contribution in [0.2, 0.25) is 5.02 Å². The molecule has 0 spiro atoms. The molecule has 0 aliphatic rings. The minimum atomic E-state index is -0.0250. The van der Waals surface area contributed by atoms with Gasteiger partial charge < -0.3 is 5.32 Å². The number of fused-ring (bicyclic) bond motifs is 1. The standard InChI is InChI=1S/C13H16ClN3O/c1-4-15-8(2)12-16-11-7-9(14)5-6-10(11)13(18)17(12)3/h5-8,15H,4H2,1-3H3/p+1/t8-/m1/s1. The highest BCUT2D eigenvalue weighted by Crippen LogP contribution is 2.16. The first-order chi connectivity index (χ1) is 8.54. The third-order valence-electron chi connectivity index (χ3n) is 3.07. The van der Waals surface area contributed by atoms with Gasteiger partial charge in [0.25, 0.3) is 5.56 Å². The van der Waals surface area contributed by atoms with Crippen molar-refractivity contribution in [2.75, 3.05) is 6.54 Å². The molecule has 1 heterocycles. The number of hydrogen-bond acceptors (Lipinski definition) is 2. The van der Waals surface area contributed by atoms with Gasteiger partial charge in [-0.1, -0.05) is 11.6 Å². The van der Waals surface area contributed by atoms with E-state index in [4.69, 9.17) is 11.6 Å². The van der Waals surface area contributed by atoms with E-state index in [2.05, 4.69) is 17.2 Å². The summed E-state index contributed by atoms with van der Waals surface area (Å²) in [6, 6.07) is 5.33. The predicted octanol–water partition coefficient (Wildman–Crippen LogP) is 1.23. The Hall–Kier alpha value is -1.39. The van der Waals surface area contributed by atoms with Gasteiger partial charge in [0.1, 0.15) is 6.04 Å². The number of hydrogen-bond donors (Lipinski definition) is 1. The summed E-state index contributed by atoms with van der Waals surface area (Å²) < 4.78 is 1.62. The Bertz CT molecular complexity index is 636. The maximum Gasteiger partial charge on any atom is 0.261 e. The van der Waals surface area contributed by atoms with E-state index in [1.165, 1.54) is 0 Å². The number of nitrogens with zero attached hydrogens (tertiary/aromatic N) is 2. The molecule has 0 fully saturated rings. The molecular weight excluding hydrogens is 250 g/mol. The van der Waals surface area contributed by atoms with Gasteiger partial charge in [0.2, 0.25) is 0 Å². The Balaban J connectivity index is 2.69. The quantitative estimate of drug-likeness (QED) is 0.909. The molecule has 1 aromatic carbocycles. The topological polar surface area (TPSA) is 51.5 Å². The molecule has 0 radical (unpaired) electrons. The van der Waals surface area contributed by atoms with Gasteiger partial charge in [-0.2, -0.15) is 0 Å². The highest BCUT2D eigenvalue weighted by molar-refractivity contribution is 6.31. The van der Waals surface area contributed by atoms with Gasteiger partial charge in [-0.3, -0.25) is 9.36 Å². The molecule has 2 rings (SSSR count). The SMILES string of the molecule is CC[NH2+][C@H](C)c1nc2cc(Cl)ccc2c(=O)n1C. The number of quaternary nitrogens is 1. The average Bonchev–Trinajstić information content (AvgIpc) is 2.33. The van der Waals surface area contributed by atoms with E-state index in [1.54, 1.807) is 29.8 Å². The van der Waals surface area contributed by atoms with Crippen LogP contribution in [0.5, 0.6) is 0 Å². The minimum absolute atomic E-state index is 0.0250. The van der Waals surface area contributed by atoms with Crippen LogP contribution < -0.4 is 10.9 Å². The summed E-state index contributed by atoms with van der Waals surface area (Å²) in [5.41, 5.74) is 0.639. The molecule has 18 heavy (non-hydrogen) atoms. The number of benzene rings is 1. The molecule has 0 saturated carbocycles. The van der Waals surface area contributed by atoms with E-state index in [1.807, 2.05) is 6.92 Å². The van der Waals surface area contributed by atoms with E-state index >= 15 is 0 Å². The first kappa shape index (κ1) is 13.1. The molecule has 5 heteroatoms. The largest absolute Gasteiger partial charge is 0.338 e. The van der Waals surface area contributed by atoms with E-state index in [9.17, 15) is 4.79 Å². The molecule has 1 aromatic heterocycles. The maximum absolute atomic E-state index is 12.2. The lowest BCUT2D eigenvalue weighted by molar-refractivity contribution is -0.691. The molecule has 0 aliphatic carbocycles. The van der Waals surface area contributed by atoms with Gasteiger partial charge >= 0.3 is 0 Å². The summed E-state index contributed by atoms with van der Waals surface area (Å²) in [7, 11) is 1.76. The number of aromatic nitrogens is 2. The molecule has 1 atom stereocenters. The van der Waals surface area contributed by atoms with Crippen LogP contribution in [0, 0.1) is 0 Å². The van der Waals surface area contributed by atoms with E-state index in [0.717, 1.165) is 12.4 Å². The molecule has 0 bridgehead atoms. The summed E-state index contributed by atoms with van der Waals surface area (Å²) in [4.78, 5) is 16.8. The highest BCUT2D eigenvalue weighted by atomic mass is 35.5. The maximum atomic E-state index is 12.2. The van der Waals surface area contributed by atoms with Crippen molar-refractivity contribution in [2.45, 2.75) is 19.9 Å². The lowest BCUT2D eigenvalue weighted by Gasteiger charge is -2.13. The molecule has 0 amide bonds. The van der Waals surface area contributed by atoms with Gasteiger partial charge in [0.15, 0.2) is 5.82 Å². The van der Waals surface area contributed by atoms with Gasteiger partial charge in [-0.05, 0) is 32.0 Å². The summed E-state index contributed by atoms with van der Waals surface area (Å²) >= 11 is 5.95. The van der Waals surface area contributed by atoms with Crippen molar-refractivity contribution in [3.05, 3.63) is 39.4 Å². The fourth-order valence-corrected chi connectivity index (χ4v) is 2.29. The second kappa shape index (κ2) is 5.08. The fraction of sp³-hybridized carbons (Fsp3) is 0.385. The monoisotopic (exact) mass is 266 g/mol. The van der Waals surface area contributed by atoms with Gasteiger partial charge in [0, 0.05) is 12.1 Å². The molecule has 0 saturated heterocycles. The van der Waals surface area contributed by atoms with Crippen molar-refractivity contribution < 1.29 is 5.32 Å². The van der Waals surface area contributed by atoms with Gasteiger partial charge in [-0.25, -0.2) is 4.98 Å². The van der Waals surface area contributed by atoms with Crippen LogP contribution in [0.1, 0.15) is 25.7 Å². The Morgan fingerprint density at radius 3 is 2.89 bits per heavy atom. The summed E-state index contributed by atoms with van der Waals surface area (Å²) in [5, 5.41) is 3.34. The molecule has 0 aliphatic heterocycles. The number of halogens is 1. The van der Waals surface area contributed by atoms with Crippen molar-refractivity contribution in [1.82, 2.24) is 9.55 Å². The lowest BCUT2D eigenvalue weighted by atomic mass is 10.2. The van der Waals surface area contributed by atoms with Crippen LogP contribution in [0.25, 0.3) is 10.9 Å². The highest BCUT2D eigenvalue weighted by Gasteiger charge is 2.16. The first-order valence-electron chi connectivity index (χ1n) is 6.04. The molecular formula is C13H17ClN3O+. The zero-order chi connectivity index (χ0) is 13.3. The van der Waals surface area contributed by atoms with Gasteiger partial charge in [0.05, 0.1) is 17.4 Å². The van der Waals surface area contributed by atoms with Crippen LogP contribution >= 0.6 is 11.6 Å².